The van der Waals surface area contributed by atoms with E-state index < -0.39 is 0 Å². The number of rotatable bonds is 2. The number of hydrogen-bond donors (Lipinski definition) is 1. The van der Waals surface area contributed by atoms with Crippen LogP contribution in [0.25, 0.3) is 33.2 Å². The molecule has 0 aliphatic carbocycles. The Morgan fingerprint density at radius 1 is 0.963 bits per heavy atom. The number of aromatic nitrogens is 4. The predicted octanol–water partition coefficient (Wildman–Crippen LogP) is 3.80. The van der Waals surface area contributed by atoms with Gasteiger partial charge in [-0.2, -0.15) is 5.10 Å². The predicted molar refractivity (Wildman–Crippen MR) is 104 cm³/mol. The van der Waals surface area contributed by atoms with Crippen LogP contribution in [-0.4, -0.2) is 44.1 Å². The lowest BCUT2D eigenvalue weighted by atomic mass is 10.1. The van der Waals surface area contributed by atoms with Crippen LogP contribution in [0, 0.1) is 0 Å². The SMILES string of the molecule is O=C(c1ccc2ncc(-c3ccc4[nH]ncc4c3)nc2c1)N1CCCCC1. The number of likely N-dealkylation sites (tertiary alicyclic amines) is 1. The van der Waals surface area contributed by atoms with Gasteiger partial charge in [-0.15, -0.1) is 0 Å². The summed E-state index contributed by atoms with van der Waals surface area (Å²) in [6.07, 6.45) is 6.94. The molecule has 1 aliphatic rings. The number of nitrogens with zero attached hydrogens (tertiary/aromatic N) is 4. The summed E-state index contributed by atoms with van der Waals surface area (Å²) in [6.45, 7) is 1.68. The Bertz CT molecular complexity index is 1140. The maximum Gasteiger partial charge on any atom is 0.253 e. The molecule has 27 heavy (non-hydrogen) atoms. The van der Waals surface area contributed by atoms with Crippen molar-refractivity contribution in [2.24, 2.45) is 0 Å². The molecule has 0 unspecified atom stereocenters. The van der Waals surface area contributed by atoms with E-state index in [4.69, 9.17) is 4.98 Å². The molecule has 1 saturated heterocycles. The van der Waals surface area contributed by atoms with Crippen LogP contribution >= 0.6 is 0 Å². The minimum absolute atomic E-state index is 0.0867. The third-order valence-electron chi connectivity index (χ3n) is 5.17. The van der Waals surface area contributed by atoms with Gasteiger partial charge in [0.2, 0.25) is 0 Å². The highest BCUT2D eigenvalue weighted by Gasteiger charge is 2.18. The van der Waals surface area contributed by atoms with Crippen molar-refractivity contribution < 1.29 is 4.79 Å². The van der Waals surface area contributed by atoms with Gasteiger partial charge in [-0.05, 0) is 49.6 Å². The lowest BCUT2D eigenvalue weighted by Crippen LogP contribution is -2.35. The van der Waals surface area contributed by atoms with E-state index in [0.717, 1.165) is 59.1 Å². The maximum absolute atomic E-state index is 12.8. The Hall–Kier alpha value is -3.28. The summed E-state index contributed by atoms with van der Waals surface area (Å²) >= 11 is 0. The molecular weight excluding hydrogens is 338 g/mol. The monoisotopic (exact) mass is 357 g/mol. The van der Waals surface area contributed by atoms with Crippen LogP contribution in [0.15, 0.2) is 48.8 Å². The zero-order valence-electron chi connectivity index (χ0n) is 14.9. The van der Waals surface area contributed by atoms with Crippen LogP contribution in [0.2, 0.25) is 0 Å². The van der Waals surface area contributed by atoms with Gasteiger partial charge in [0.25, 0.3) is 5.91 Å². The zero-order chi connectivity index (χ0) is 18.2. The second-order valence-electron chi connectivity index (χ2n) is 6.98. The molecule has 6 heteroatoms. The van der Waals surface area contributed by atoms with Gasteiger partial charge < -0.3 is 4.90 Å². The summed E-state index contributed by atoms with van der Waals surface area (Å²) < 4.78 is 0. The third kappa shape index (κ3) is 2.93. The van der Waals surface area contributed by atoms with Crippen molar-refractivity contribution in [3.05, 3.63) is 54.4 Å². The van der Waals surface area contributed by atoms with Crippen molar-refractivity contribution in [3.8, 4) is 11.3 Å². The number of fused-ring (bicyclic) bond motifs is 2. The topological polar surface area (TPSA) is 74.8 Å². The molecule has 1 aliphatic heterocycles. The molecule has 5 rings (SSSR count). The fourth-order valence-electron chi connectivity index (χ4n) is 3.67. The number of aromatic amines is 1. The molecule has 0 radical (unpaired) electrons. The number of amides is 1. The number of benzene rings is 2. The number of piperidine rings is 1. The highest BCUT2D eigenvalue weighted by atomic mass is 16.2. The molecule has 0 bridgehead atoms. The van der Waals surface area contributed by atoms with E-state index in [-0.39, 0.29) is 5.91 Å². The molecule has 1 fully saturated rings. The van der Waals surface area contributed by atoms with Crippen molar-refractivity contribution >= 4 is 27.8 Å². The molecule has 3 heterocycles. The lowest BCUT2D eigenvalue weighted by Gasteiger charge is -2.26. The van der Waals surface area contributed by atoms with E-state index in [0.29, 0.717) is 5.56 Å². The summed E-state index contributed by atoms with van der Waals surface area (Å²) in [5.74, 6) is 0.0867. The Balaban J connectivity index is 1.52. The average Bonchev–Trinajstić information content (AvgIpc) is 3.21. The zero-order valence-corrected chi connectivity index (χ0v) is 14.9. The highest BCUT2D eigenvalue weighted by molar-refractivity contribution is 5.97. The van der Waals surface area contributed by atoms with Gasteiger partial charge in [0.15, 0.2) is 0 Å². The number of H-pyrrole nitrogens is 1. The van der Waals surface area contributed by atoms with Crippen molar-refractivity contribution in [3.63, 3.8) is 0 Å². The molecular formula is C21H19N5O. The highest BCUT2D eigenvalue weighted by Crippen LogP contribution is 2.24. The second-order valence-corrected chi connectivity index (χ2v) is 6.98. The fourth-order valence-corrected chi connectivity index (χ4v) is 3.67. The summed E-state index contributed by atoms with van der Waals surface area (Å²) in [6, 6.07) is 11.6. The van der Waals surface area contributed by atoms with Gasteiger partial charge in [0.1, 0.15) is 0 Å². The van der Waals surface area contributed by atoms with Gasteiger partial charge in [-0.25, -0.2) is 4.98 Å². The van der Waals surface area contributed by atoms with Gasteiger partial charge >= 0.3 is 0 Å². The Morgan fingerprint density at radius 2 is 1.85 bits per heavy atom. The molecule has 0 spiro atoms. The Labute approximate surface area is 156 Å². The molecule has 1 amide bonds. The maximum atomic E-state index is 12.8. The quantitative estimate of drug-likeness (QED) is 0.592. The first kappa shape index (κ1) is 15.9. The fraction of sp³-hybridized carbons (Fsp3) is 0.238. The van der Waals surface area contributed by atoms with Crippen molar-refractivity contribution in [1.82, 2.24) is 25.1 Å². The van der Waals surface area contributed by atoms with Crippen LogP contribution in [0.5, 0.6) is 0 Å². The molecule has 4 aromatic rings. The first-order valence-electron chi connectivity index (χ1n) is 9.27. The molecule has 1 N–H and O–H groups in total. The minimum atomic E-state index is 0.0867. The van der Waals surface area contributed by atoms with E-state index in [1.165, 1.54) is 6.42 Å². The third-order valence-corrected chi connectivity index (χ3v) is 5.17. The van der Waals surface area contributed by atoms with Crippen LogP contribution < -0.4 is 0 Å². The van der Waals surface area contributed by atoms with E-state index in [1.54, 1.807) is 12.4 Å². The molecule has 134 valence electrons. The normalized spacial score (nSPS) is 14.7. The molecule has 0 saturated carbocycles. The van der Waals surface area contributed by atoms with Crippen molar-refractivity contribution in [2.45, 2.75) is 19.3 Å². The Kier molecular flexibility index (Phi) is 3.81. The molecule has 2 aromatic heterocycles. The van der Waals surface area contributed by atoms with Gasteiger partial charge in [0, 0.05) is 29.6 Å². The van der Waals surface area contributed by atoms with E-state index >= 15 is 0 Å². The minimum Gasteiger partial charge on any atom is -0.339 e. The number of hydrogen-bond acceptors (Lipinski definition) is 4. The van der Waals surface area contributed by atoms with Crippen LogP contribution in [0.4, 0.5) is 0 Å². The lowest BCUT2D eigenvalue weighted by molar-refractivity contribution is 0.0724. The second kappa shape index (κ2) is 6.46. The smallest absolute Gasteiger partial charge is 0.253 e. The molecule has 6 nitrogen and oxygen atoms in total. The summed E-state index contributed by atoms with van der Waals surface area (Å²) in [5.41, 5.74) is 4.96. The first-order chi connectivity index (χ1) is 13.3. The summed E-state index contributed by atoms with van der Waals surface area (Å²) in [7, 11) is 0. The van der Waals surface area contributed by atoms with Crippen LogP contribution in [0.3, 0.4) is 0 Å². The largest absolute Gasteiger partial charge is 0.339 e. The molecule has 0 atom stereocenters. The summed E-state index contributed by atoms with van der Waals surface area (Å²) in [4.78, 5) is 24.0. The number of nitrogens with one attached hydrogen (secondary N) is 1. The van der Waals surface area contributed by atoms with E-state index in [9.17, 15) is 4.79 Å². The standard InChI is InChI=1S/C21H19N5O/c27-21(26-8-2-1-3-9-26)15-5-7-18-19(11-15)24-20(13-22-18)14-4-6-17-16(10-14)12-23-25-17/h4-7,10-13H,1-3,8-9H2,(H,23,25). The Morgan fingerprint density at radius 3 is 2.74 bits per heavy atom. The number of carbonyl (C=O) groups is 1. The summed E-state index contributed by atoms with van der Waals surface area (Å²) in [5, 5.41) is 8.04. The van der Waals surface area contributed by atoms with Crippen LogP contribution in [0.1, 0.15) is 29.6 Å². The van der Waals surface area contributed by atoms with E-state index in [1.807, 2.05) is 41.3 Å². The first-order valence-corrected chi connectivity index (χ1v) is 9.27. The van der Waals surface area contributed by atoms with Gasteiger partial charge in [-0.3, -0.25) is 14.9 Å². The van der Waals surface area contributed by atoms with Gasteiger partial charge in [-0.1, -0.05) is 6.07 Å². The average molecular weight is 357 g/mol. The van der Waals surface area contributed by atoms with Crippen molar-refractivity contribution in [1.29, 1.82) is 0 Å². The van der Waals surface area contributed by atoms with Gasteiger partial charge in [0.05, 0.1) is 34.6 Å². The van der Waals surface area contributed by atoms with E-state index in [2.05, 4.69) is 15.2 Å². The van der Waals surface area contributed by atoms with Crippen molar-refractivity contribution in [2.75, 3.05) is 13.1 Å². The van der Waals surface area contributed by atoms with Crippen LogP contribution in [-0.2, 0) is 0 Å². The molecule has 2 aromatic carbocycles. The number of carbonyl (C=O) groups excluding carboxylic acids is 1.